The van der Waals surface area contributed by atoms with Crippen LogP contribution in [0.15, 0.2) is 47.1 Å². The van der Waals surface area contributed by atoms with Crippen LogP contribution < -0.4 is 5.32 Å². The van der Waals surface area contributed by atoms with Crippen LogP contribution in [0.2, 0.25) is 0 Å². The molecule has 0 spiro atoms. The van der Waals surface area contributed by atoms with Crippen LogP contribution in [-0.2, 0) is 4.79 Å². The lowest BCUT2D eigenvalue weighted by Crippen LogP contribution is -2.58. The zero-order valence-electron chi connectivity index (χ0n) is 11.2. The molecule has 0 aromatic carbocycles. The monoisotopic (exact) mass is 261 g/mol. The summed E-state index contributed by atoms with van der Waals surface area (Å²) in [5, 5.41) is 21.8. The molecule has 4 heteroatoms. The summed E-state index contributed by atoms with van der Waals surface area (Å²) in [6.45, 7) is 3.13. The number of amides is 1. The van der Waals surface area contributed by atoms with Gasteiger partial charge in [-0.2, -0.15) is 0 Å². The van der Waals surface area contributed by atoms with E-state index in [1.807, 2.05) is 38.2 Å². The summed E-state index contributed by atoms with van der Waals surface area (Å²) in [7, 11) is 0. The predicted octanol–water partition coefficient (Wildman–Crippen LogP) is 0.845. The van der Waals surface area contributed by atoms with Gasteiger partial charge in [-0.3, -0.25) is 4.79 Å². The smallest absolute Gasteiger partial charge is 0.252 e. The highest BCUT2D eigenvalue weighted by Crippen LogP contribution is 2.31. The minimum absolute atomic E-state index is 0.0726. The Bertz CT molecular complexity index is 505. The molecule has 0 saturated carbocycles. The van der Waals surface area contributed by atoms with Crippen LogP contribution in [0.4, 0.5) is 0 Å². The summed E-state index contributed by atoms with van der Waals surface area (Å²) in [4.78, 5) is 12.3. The Morgan fingerprint density at radius 2 is 1.95 bits per heavy atom. The number of nitrogens with one attached hydrogen (secondary N) is 1. The van der Waals surface area contributed by atoms with Crippen molar-refractivity contribution in [2.24, 2.45) is 5.92 Å². The van der Waals surface area contributed by atoms with Gasteiger partial charge in [-0.25, -0.2) is 0 Å². The third kappa shape index (κ3) is 2.29. The number of rotatable bonds is 5. The number of aliphatic hydroxyl groups is 2. The molecule has 0 bridgehead atoms. The number of fused-ring (bicyclic) bond motifs is 1. The number of carbonyl (C=O) groups excluding carboxylic acids is 1. The van der Waals surface area contributed by atoms with Crippen molar-refractivity contribution in [3.8, 4) is 0 Å². The fourth-order valence-electron chi connectivity index (χ4n) is 2.22. The Morgan fingerprint density at radius 3 is 2.53 bits per heavy atom. The van der Waals surface area contributed by atoms with Gasteiger partial charge in [-0.15, -0.1) is 0 Å². The third-order valence-electron chi connectivity index (χ3n) is 3.85. The normalized spacial score (nSPS) is 17.2. The molecule has 0 unspecified atom stereocenters. The molecule has 0 aromatic rings. The zero-order valence-corrected chi connectivity index (χ0v) is 11.2. The lowest BCUT2D eigenvalue weighted by atomic mass is 9.87. The zero-order chi connectivity index (χ0) is 14.0. The van der Waals surface area contributed by atoms with Gasteiger partial charge in [-0.05, 0) is 23.1 Å². The highest BCUT2D eigenvalue weighted by Gasteiger charge is 2.36. The maximum absolute atomic E-state index is 12.3. The van der Waals surface area contributed by atoms with Gasteiger partial charge in [0.25, 0.3) is 5.91 Å². The van der Waals surface area contributed by atoms with E-state index in [4.69, 9.17) is 0 Å². The molecule has 1 amide bonds. The average molecular weight is 261 g/mol. The Kier molecular flexibility index (Phi) is 3.73. The van der Waals surface area contributed by atoms with Gasteiger partial charge in [0.1, 0.15) is 0 Å². The van der Waals surface area contributed by atoms with Crippen molar-refractivity contribution in [1.29, 1.82) is 0 Å². The number of hydrogen-bond acceptors (Lipinski definition) is 3. The van der Waals surface area contributed by atoms with Crippen LogP contribution in [0.25, 0.3) is 0 Å². The summed E-state index contributed by atoms with van der Waals surface area (Å²) in [6.07, 6.45) is 9.38. The van der Waals surface area contributed by atoms with E-state index in [0.29, 0.717) is 5.57 Å². The van der Waals surface area contributed by atoms with Gasteiger partial charge >= 0.3 is 0 Å². The molecule has 2 aliphatic rings. The van der Waals surface area contributed by atoms with Crippen LogP contribution in [0.5, 0.6) is 0 Å². The first kappa shape index (κ1) is 13.8. The maximum atomic E-state index is 12.3. The first-order valence-electron chi connectivity index (χ1n) is 6.39. The topological polar surface area (TPSA) is 69.6 Å². The minimum Gasteiger partial charge on any atom is -0.394 e. The molecule has 0 aromatic heterocycles. The average Bonchev–Trinajstić information content (AvgIpc) is 2.97. The van der Waals surface area contributed by atoms with Gasteiger partial charge < -0.3 is 15.5 Å². The van der Waals surface area contributed by atoms with Gasteiger partial charge in [0.05, 0.1) is 18.8 Å². The van der Waals surface area contributed by atoms with E-state index in [2.05, 4.69) is 5.32 Å². The third-order valence-corrected chi connectivity index (χ3v) is 3.85. The first-order chi connectivity index (χ1) is 9.04. The fourth-order valence-corrected chi connectivity index (χ4v) is 2.22. The Hall–Kier alpha value is -1.65. The Labute approximate surface area is 112 Å². The van der Waals surface area contributed by atoms with Crippen molar-refractivity contribution in [3.63, 3.8) is 0 Å². The van der Waals surface area contributed by atoms with Gasteiger partial charge in [0.15, 0.2) is 0 Å². The van der Waals surface area contributed by atoms with Crippen LogP contribution >= 0.6 is 0 Å². The van der Waals surface area contributed by atoms with E-state index in [0.717, 1.165) is 11.1 Å². The lowest BCUT2D eigenvalue weighted by molar-refractivity contribution is -0.121. The molecule has 19 heavy (non-hydrogen) atoms. The van der Waals surface area contributed by atoms with Gasteiger partial charge in [0, 0.05) is 5.57 Å². The number of allylic oxidation sites excluding steroid dienone is 6. The molecule has 0 aliphatic heterocycles. The molecule has 2 aliphatic carbocycles. The summed E-state index contributed by atoms with van der Waals surface area (Å²) >= 11 is 0. The number of carbonyl (C=O) groups is 1. The van der Waals surface area contributed by atoms with Crippen molar-refractivity contribution >= 4 is 5.91 Å². The Morgan fingerprint density at radius 1 is 1.26 bits per heavy atom. The summed E-state index contributed by atoms with van der Waals surface area (Å²) in [5.41, 5.74) is 1.50. The van der Waals surface area contributed by atoms with Gasteiger partial charge in [0.2, 0.25) is 0 Å². The maximum Gasteiger partial charge on any atom is 0.252 e. The van der Waals surface area contributed by atoms with Crippen molar-refractivity contribution < 1.29 is 15.0 Å². The molecule has 0 heterocycles. The van der Waals surface area contributed by atoms with Crippen molar-refractivity contribution in [3.05, 3.63) is 47.1 Å². The van der Waals surface area contributed by atoms with Crippen LogP contribution in [0.3, 0.4) is 0 Å². The molecule has 0 radical (unpaired) electrons. The second-order valence-corrected chi connectivity index (χ2v) is 5.22. The number of hydrogen-bond donors (Lipinski definition) is 3. The van der Waals surface area contributed by atoms with Gasteiger partial charge in [-0.1, -0.05) is 38.2 Å². The van der Waals surface area contributed by atoms with E-state index in [9.17, 15) is 15.0 Å². The second-order valence-electron chi connectivity index (χ2n) is 5.22. The van der Waals surface area contributed by atoms with E-state index < -0.39 is 5.54 Å². The molecule has 4 nitrogen and oxygen atoms in total. The quantitative estimate of drug-likeness (QED) is 0.687. The second kappa shape index (κ2) is 5.15. The SMILES string of the molecule is CC(C)C(CO)(CO)NC(=O)C1=CC=C2C=CC=C21. The number of aliphatic hydroxyl groups excluding tert-OH is 2. The molecule has 3 N–H and O–H groups in total. The minimum atomic E-state index is -0.993. The highest BCUT2D eigenvalue weighted by atomic mass is 16.3. The van der Waals surface area contributed by atoms with E-state index in [-0.39, 0.29) is 25.0 Å². The van der Waals surface area contributed by atoms with Crippen molar-refractivity contribution in [1.82, 2.24) is 5.32 Å². The van der Waals surface area contributed by atoms with E-state index in [1.165, 1.54) is 0 Å². The molecular weight excluding hydrogens is 242 g/mol. The molecule has 2 rings (SSSR count). The Balaban J connectivity index is 2.14. The molecular formula is C15H19NO3. The summed E-state index contributed by atoms with van der Waals surface area (Å²) in [6, 6.07) is 0. The first-order valence-corrected chi connectivity index (χ1v) is 6.39. The molecule has 0 atom stereocenters. The summed E-state index contributed by atoms with van der Waals surface area (Å²) in [5.74, 6) is -0.338. The predicted molar refractivity (Wildman–Crippen MR) is 73.3 cm³/mol. The van der Waals surface area contributed by atoms with E-state index in [1.54, 1.807) is 6.08 Å². The van der Waals surface area contributed by atoms with Crippen molar-refractivity contribution in [2.45, 2.75) is 19.4 Å². The summed E-state index contributed by atoms with van der Waals surface area (Å²) < 4.78 is 0. The van der Waals surface area contributed by atoms with E-state index >= 15 is 0 Å². The van der Waals surface area contributed by atoms with Crippen LogP contribution in [0, 0.1) is 5.92 Å². The van der Waals surface area contributed by atoms with Crippen LogP contribution in [0.1, 0.15) is 13.8 Å². The molecule has 0 saturated heterocycles. The van der Waals surface area contributed by atoms with Crippen LogP contribution in [-0.4, -0.2) is 34.9 Å². The molecule has 0 fully saturated rings. The fraction of sp³-hybridized carbons (Fsp3) is 0.400. The lowest BCUT2D eigenvalue weighted by Gasteiger charge is -2.35. The highest BCUT2D eigenvalue weighted by molar-refractivity contribution is 6.02. The largest absolute Gasteiger partial charge is 0.394 e. The molecule has 102 valence electrons. The van der Waals surface area contributed by atoms with Crippen molar-refractivity contribution in [2.75, 3.05) is 13.2 Å². The standard InChI is InChI=1S/C15H19NO3/c1-10(2)15(8-17,9-18)16-14(19)13-7-6-11-4-3-5-12(11)13/h3-7,10,17-18H,8-9H2,1-2H3,(H,16,19).